The average Bonchev–Trinajstić information content (AvgIpc) is 3.17. The molecule has 1 aliphatic heterocycles. The van der Waals surface area contributed by atoms with Gasteiger partial charge in [-0.15, -0.1) is 0 Å². The van der Waals surface area contributed by atoms with Gasteiger partial charge in [0, 0.05) is 30.5 Å². The lowest BCUT2D eigenvalue weighted by molar-refractivity contribution is 0.619. The minimum atomic E-state index is 0.631. The standard InChI is InChI=1S/C16H15N3O/c1-2-11-19(10-1)13-7-5-12(6-8-13)16-18-15-14(20-16)4-3-9-17-15/h3-9H,1-2,10-11H2. The molecule has 3 aromatic rings. The summed E-state index contributed by atoms with van der Waals surface area (Å²) < 4.78 is 5.73. The van der Waals surface area contributed by atoms with Crippen LogP contribution in [-0.2, 0) is 0 Å². The van der Waals surface area contributed by atoms with Crippen LogP contribution in [0.25, 0.3) is 22.7 Å². The number of aromatic nitrogens is 2. The molecule has 0 aliphatic carbocycles. The summed E-state index contributed by atoms with van der Waals surface area (Å²) >= 11 is 0. The summed E-state index contributed by atoms with van der Waals surface area (Å²) in [5, 5.41) is 0. The van der Waals surface area contributed by atoms with Crippen molar-refractivity contribution in [2.24, 2.45) is 0 Å². The highest BCUT2D eigenvalue weighted by molar-refractivity contribution is 5.72. The Morgan fingerprint density at radius 3 is 2.55 bits per heavy atom. The van der Waals surface area contributed by atoms with Gasteiger partial charge in [-0.2, -0.15) is 4.98 Å². The van der Waals surface area contributed by atoms with Crippen molar-refractivity contribution >= 4 is 16.9 Å². The van der Waals surface area contributed by atoms with E-state index in [0.717, 1.165) is 24.2 Å². The quantitative estimate of drug-likeness (QED) is 0.711. The van der Waals surface area contributed by atoms with Gasteiger partial charge in [0.05, 0.1) is 0 Å². The maximum Gasteiger partial charge on any atom is 0.228 e. The number of pyridine rings is 1. The third-order valence-electron chi connectivity index (χ3n) is 3.75. The van der Waals surface area contributed by atoms with Crippen LogP contribution < -0.4 is 4.90 Å². The summed E-state index contributed by atoms with van der Waals surface area (Å²) in [6.07, 6.45) is 4.31. The summed E-state index contributed by atoms with van der Waals surface area (Å²) in [5.41, 5.74) is 3.66. The van der Waals surface area contributed by atoms with Crippen LogP contribution in [0.15, 0.2) is 47.0 Å². The van der Waals surface area contributed by atoms with Gasteiger partial charge in [0.1, 0.15) is 0 Å². The van der Waals surface area contributed by atoms with Crippen molar-refractivity contribution in [1.82, 2.24) is 9.97 Å². The Morgan fingerprint density at radius 2 is 1.80 bits per heavy atom. The van der Waals surface area contributed by atoms with Crippen molar-refractivity contribution in [2.45, 2.75) is 12.8 Å². The summed E-state index contributed by atoms with van der Waals surface area (Å²) in [6.45, 7) is 2.32. The SMILES string of the molecule is c1cnc2nc(-c3ccc(N4CCCC4)cc3)oc2c1. The first kappa shape index (κ1) is 11.5. The van der Waals surface area contributed by atoms with E-state index in [-0.39, 0.29) is 0 Å². The molecule has 1 aromatic carbocycles. The van der Waals surface area contributed by atoms with Crippen molar-refractivity contribution in [3.63, 3.8) is 0 Å². The number of fused-ring (bicyclic) bond motifs is 1. The van der Waals surface area contributed by atoms with E-state index in [2.05, 4.69) is 39.1 Å². The molecular weight excluding hydrogens is 250 g/mol. The number of rotatable bonds is 2. The molecule has 1 aliphatic rings. The minimum Gasteiger partial charge on any atom is -0.434 e. The van der Waals surface area contributed by atoms with E-state index in [4.69, 9.17) is 4.42 Å². The normalized spacial score (nSPS) is 15.1. The van der Waals surface area contributed by atoms with E-state index >= 15 is 0 Å². The van der Waals surface area contributed by atoms with Gasteiger partial charge in [-0.1, -0.05) is 0 Å². The Hall–Kier alpha value is -2.36. The first-order valence-electron chi connectivity index (χ1n) is 6.97. The predicted molar refractivity (Wildman–Crippen MR) is 78.7 cm³/mol. The highest BCUT2D eigenvalue weighted by Gasteiger charge is 2.13. The molecule has 4 rings (SSSR count). The fraction of sp³-hybridized carbons (Fsp3) is 0.250. The topological polar surface area (TPSA) is 42.2 Å². The number of oxazole rings is 1. The Balaban J connectivity index is 1.67. The van der Waals surface area contributed by atoms with Gasteiger partial charge < -0.3 is 9.32 Å². The van der Waals surface area contributed by atoms with E-state index in [9.17, 15) is 0 Å². The Kier molecular flexibility index (Phi) is 2.66. The molecule has 0 atom stereocenters. The number of hydrogen-bond acceptors (Lipinski definition) is 4. The van der Waals surface area contributed by atoms with Crippen molar-refractivity contribution in [2.75, 3.05) is 18.0 Å². The first-order chi connectivity index (χ1) is 9.90. The molecule has 0 spiro atoms. The van der Waals surface area contributed by atoms with Crippen LogP contribution in [-0.4, -0.2) is 23.1 Å². The van der Waals surface area contributed by atoms with E-state index in [1.54, 1.807) is 6.20 Å². The maximum absolute atomic E-state index is 5.73. The van der Waals surface area contributed by atoms with Crippen LogP contribution in [0.3, 0.4) is 0 Å². The predicted octanol–water partition coefficient (Wildman–Crippen LogP) is 3.49. The largest absolute Gasteiger partial charge is 0.434 e. The van der Waals surface area contributed by atoms with Gasteiger partial charge in [0.25, 0.3) is 0 Å². The van der Waals surface area contributed by atoms with Crippen molar-refractivity contribution < 1.29 is 4.42 Å². The second-order valence-electron chi connectivity index (χ2n) is 5.09. The summed E-state index contributed by atoms with van der Waals surface area (Å²) in [7, 11) is 0. The van der Waals surface area contributed by atoms with Gasteiger partial charge in [0.2, 0.25) is 5.89 Å². The summed E-state index contributed by atoms with van der Waals surface area (Å²) in [6, 6.07) is 12.2. The molecule has 4 heteroatoms. The molecule has 20 heavy (non-hydrogen) atoms. The third kappa shape index (κ3) is 1.93. The highest BCUT2D eigenvalue weighted by Crippen LogP contribution is 2.26. The smallest absolute Gasteiger partial charge is 0.228 e. The molecule has 1 fully saturated rings. The van der Waals surface area contributed by atoms with Crippen molar-refractivity contribution in [3.05, 3.63) is 42.6 Å². The Labute approximate surface area is 117 Å². The molecule has 0 N–H and O–H groups in total. The van der Waals surface area contributed by atoms with E-state index in [1.807, 2.05) is 12.1 Å². The van der Waals surface area contributed by atoms with Gasteiger partial charge in [-0.3, -0.25) is 0 Å². The van der Waals surface area contributed by atoms with E-state index in [1.165, 1.54) is 18.5 Å². The molecule has 4 nitrogen and oxygen atoms in total. The number of hydrogen-bond donors (Lipinski definition) is 0. The minimum absolute atomic E-state index is 0.631. The van der Waals surface area contributed by atoms with Crippen LogP contribution in [0.5, 0.6) is 0 Å². The first-order valence-corrected chi connectivity index (χ1v) is 6.97. The van der Waals surface area contributed by atoms with Gasteiger partial charge in [-0.05, 0) is 49.2 Å². The molecule has 1 saturated heterocycles. The van der Waals surface area contributed by atoms with Gasteiger partial charge >= 0.3 is 0 Å². The van der Waals surface area contributed by atoms with Gasteiger partial charge in [0.15, 0.2) is 11.2 Å². The number of benzene rings is 1. The monoisotopic (exact) mass is 265 g/mol. The van der Waals surface area contributed by atoms with E-state index < -0.39 is 0 Å². The average molecular weight is 265 g/mol. The third-order valence-corrected chi connectivity index (χ3v) is 3.75. The second-order valence-corrected chi connectivity index (χ2v) is 5.09. The lowest BCUT2D eigenvalue weighted by Crippen LogP contribution is -2.17. The fourth-order valence-electron chi connectivity index (χ4n) is 2.68. The molecular formula is C16H15N3O. The molecule has 0 radical (unpaired) electrons. The second kappa shape index (κ2) is 4.63. The number of nitrogens with zero attached hydrogens (tertiary/aromatic N) is 3. The van der Waals surface area contributed by atoms with Crippen LogP contribution in [0.4, 0.5) is 5.69 Å². The van der Waals surface area contributed by atoms with Gasteiger partial charge in [-0.25, -0.2) is 4.98 Å². The zero-order valence-corrected chi connectivity index (χ0v) is 11.1. The lowest BCUT2D eigenvalue weighted by atomic mass is 10.2. The Morgan fingerprint density at radius 1 is 1.00 bits per heavy atom. The molecule has 0 amide bonds. The molecule has 3 heterocycles. The fourth-order valence-corrected chi connectivity index (χ4v) is 2.68. The van der Waals surface area contributed by atoms with Crippen molar-refractivity contribution in [1.29, 1.82) is 0 Å². The summed E-state index contributed by atoms with van der Waals surface area (Å²) in [5.74, 6) is 0.631. The molecule has 100 valence electrons. The molecule has 2 aromatic heterocycles. The zero-order chi connectivity index (χ0) is 13.4. The Bertz CT molecular complexity index is 694. The van der Waals surface area contributed by atoms with Crippen molar-refractivity contribution in [3.8, 4) is 11.5 Å². The number of anilines is 1. The molecule has 0 unspecified atom stereocenters. The van der Waals surface area contributed by atoms with Crippen LogP contribution >= 0.6 is 0 Å². The van der Waals surface area contributed by atoms with Crippen LogP contribution in [0.1, 0.15) is 12.8 Å². The molecule has 0 bridgehead atoms. The highest BCUT2D eigenvalue weighted by atomic mass is 16.3. The van der Waals surface area contributed by atoms with Crippen LogP contribution in [0, 0.1) is 0 Å². The zero-order valence-electron chi connectivity index (χ0n) is 11.1. The maximum atomic E-state index is 5.73. The van der Waals surface area contributed by atoms with E-state index in [0.29, 0.717) is 11.5 Å². The lowest BCUT2D eigenvalue weighted by Gasteiger charge is -2.17. The summed E-state index contributed by atoms with van der Waals surface area (Å²) in [4.78, 5) is 11.0. The molecule has 0 saturated carbocycles. The van der Waals surface area contributed by atoms with Crippen LogP contribution in [0.2, 0.25) is 0 Å².